The number of halogens is 1. The Bertz CT molecular complexity index is 1380. The van der Waals surface area contributed by atoms with Gasteiger partial charge in [-0.3, -0.25) is 9.55 Å². The van der Waals surface area contributed by atoms with Crippen molar-refractivity contribution in [1.29, 1.82) is 0 Å². The van der Waals surface area contributed by atoms with Crippen LogP contribution in [0.5, 0.6) is 0 Å². The fraction of sp³-hybridized carbons (Fsp3) is 0.0435. The number of hydrogen-bond acceptors (Lipinski definition) is 3. The van der Waals surface area contributed by atoms with Crippen LogP contribution < -0.4 is 11.0 Å². The molecule has 0 atom stereocenters. The van der Waals surface area contributed by atoms with E-state index in [2.05, 4.69) is 36.2 Å². The number of imidazole rings is 2. The van der Waals surface area contributed by atoms with Crippen LogP contribution in [-0.4, -0.2) is 19.5 Å². The molecule has 0 aliphatic carbocycles. The first-order chi connectivity index (χ1) is 14.7. The summed E-state index contributed by atoms with van der Waals surface area (Å²) < 4.78 is 2.63. The minimum atomic E-state index is -0.209. The zero-order chi connectivity index (χ0) is 20.5. The van der Waals surface area contributed by atoms with E-state index in [4.69, 9.17) is 0 Å². The van der Waals surface area contributed by atoms with E-state index in [-0.39, 0.29) is 5.69 Å². The molecule has 6 nitrogen and oxygen atoms in total. The van der Waals surface area contributed by atoms with Gasteiger partial charge in [-0.2, -0.15) is 0 Å². The molecule has 0 unspecified atom stereocenters. The predicted molar refractivity (Wildman–Crippen MR) is 123 cm³/mol. The van der Waals surface area contributed by atoms with Crippen molar-refractivity contribution in [3.63, 3.8) is 0 Å². The Morgan fingerprint density at radius 2 is 1.87 bits per heavy atom. The SMILES string of the molecule is O=c1[nH]c(NCc2ccccc2)c(-c2cccc(Br)c2)n1-c1ccc2nc[nH]c2c1. The third kappa shape index (κ3) is 3.44. The second-order valence-corrected chi connectivity index (χ2v) is 7.86. The van der Waals surface area contributed by atoms with Crippen molar-refractivity contribution < 1.29 is 0 Å². The molecule has 30 heavy (non-hydrogen) atoms. The summed E-state index contributed by atoms with van der Waals surface area (Å²) in [6.45, 7) is 0.599. The molecule has 0 amide bonds. The zero-order valence-corrected chi connectivity index (χ0v) is 17.5. The van der Waals surface area contributed by atoms with Crippen LogP contribution in [0.15, 0.2) is 88.4 Å². The summed E-state index contributed by atoms with van der Waals surface area (Å²) in [5, 5.41) is 3.40. The molecule has 0 aliphatic rings. The smallest absolute Gasteiger partial charge is 0.332 e. The van der Waals surface area contributed by atoms with Gasteiger partial charge < -0.3 is 10.3 Å². The molecule has 0 aliphatic heterocycles. The third-order valence-electron chi connectivity index (χ3n) is 4.97. The number of nitrogens with one attached hydrogen (secondary N) is 3. The maximum Gasteiger partial charge on any atom is 0.332 e. The Balaban J connectivity index is 1.65. The molecule has 5 aromatic rings. The van der Waals surface area contributed by atoms with Crippen molar-refractivity contribution in [3.05, 3.63) is 99.6 Å². The van der Waals surface area contributed by atoms with Gasteiger partial charge in [-0.25, -0.2) is 9.78 Å². The lowest BCUT2D eigenvalue weighted by atomic mass is 10.1. The molecule has 5 rings (SSSR count). The number of fused-ring (bicyclic) bond motifs is 1. The van der Waals surface area contributed by atoms with E-state index >= 15 is 0 Å². The molecule has 0 spiro atoms. The zero-order valence-electron chi connectivity index (χ0n) is 15.9. The van der Waals surface area contributed by atoms with Crippen LogP contribution in [0, 0.1) is 0 Å². The standard InChI is InChI=1S/C23H18BrN5O/c24-17-8-4-7-16(11-17)21-22(25-13-15-5-2-1-3-6-15)28-23(30)29(21)18-9-10-19-20(12-18)27-14-26-19/h1-12,14,25H,13H2,(H,26,27)(H,28,30). The van der Waals surface area contributed by atoms with E-state index in [1.807, 2.05) is 72.8 Å². The molecular weight excluding hydrogens is 442 g/mol. The van der Waals surface area contributed by atoms with Crippen molar-refractivity contribution in [3.8, 4) is 16.9 Å². The first-order valence-electron chi connectivity index (χ1n) is 9.51. The summed E-state index contributed by atoms with van der Waals surface area (Å²) >= 11 is 3.54. The van der Waals surface area contributed by atoms with Gasteiger partial charge in [0.1, 0.15) is 5.82 Å². The van der Waals surface area contributed by atoms with E-state index in [0.29, 0.717) is 12.4 Å². The van der Waals surface area contributed by atoms with Crippen LogP contribution in [0.3, 0.4) is 0 Å². The molecule has 3 N–H and O–H groups in total. The van der Waals surface area contributed by atoms with Crippen molar-refractivity contribution in [2.45, 2.75) is 6.54 Å². The van der Waals surface area contributed by atoms with Crippen molar-refractivity contribution in [2.24, 2.45) is 0 Å². The highest BCUT2D eigenvalue weighted by molar-refractivity contribution is 9.10. The van der Waals surface area contributed by atoms with Crippen LogP contribution in [0.1, 0.15) is 5.56 Å². The second kappa shape index (κ2) is 7.68. The molecule has 0 bridgehead atoms. The number of hydrogen-bond donors (Lipinski definition) is 3. The molecule has 0 saturated carbocycles. The highest BCUT2D eigenvalue weighted by atomic mass is 79.9. The fourth-order valence-corrected chi connectivity index (χ4v) is 3.97. The molecule has 148 valence electrons. The number of benzene rings is 3. The minimum absolute atomic E-state index is 0.209. The Hall–Kier alpha value is -3.58. The van der Waals surface area contributed by atoms with E-state index in [1.165, 1.54) is 0 Å². The summed E-state index contributed by atoms with van der Waals surface area (Å²) in [6, 6.07) is 23.7. The quantitative estimate of drug-likeness (QED) is 0.342. The maximum atomic E-state index is 13.0. The first-order valence-corrected chi connectivity index (χ1v) is 10.3. The monoisotopic (exact) mass is 459 g/mol. The summed E-state index contributed by atoms with van der Waals surface area (Å²) in [5.41, 5.74) is 5.10. The topological polar surface area (TPSA) is 78.5 Å². The summed E-state index contributed by atoms with van der Waals surface area (Å²) in [7, 11) is 0. The highest BCUT2D eigenvalue weighted by Crippen LogP contribution is 2.31. The molecule has 2 aromatic heterocycles. The van der Waals surface area contributed by atoms with Gasteiger partial charge in [-0.15, -0.1) is 0 Å². The highest BCUT2D eigenvalue weighted by Gasteiger charge is 2.18. The third-order valence-corrected chi connectivity index (χ3v) is 5.46. The minimum Gasteiger partial charge on any atom is -0.366 e. The Morgan fingerprint density at radius 3 is 2.70 bits per heavy atom. The normalized spacial score (nSPS) is 11.1. The van der Waals surface area contributed by atoms with Gasteiger partial charge in [0.05, 0.1) is 28.7 Å². The number of anilines is 1. The lowest BCUT2D eigenvalue weighted by Gasteiger charge is -2.12. The fourth-order valence-electron chi connectivity index (χ4n) is 3.57. The lowest BCUT2D eigenvalue weighted by Crippen LogP contribution is -2.15. The van der Waals surface area contributed by atoms with Crippen molar-refractivity contribution >= 4 is 32.8 Å². The van der Waals surface area contributed by atoms with Crippen LogP contribution in [0.25, 0.3) is 28.0 Å². The molecule has 0 saturated heterocycles. The van der Waals surface area contributed by atoms with Crippen molar-refractivity contribution in [2.75, 3.05) is 5.32 Å². The predicted octanol–water partition coefficient (Wildman–Crippen LogP) is 5.08. The van der Waals surface area contributed by atoms with E-state index in [0.717, 1.165) is 38.0 Å². The van der Waals surface area contributed by atoms with Crippen molar-refractivity contribution in [1.82, 2.24) is 19.5 Å². The Morgan fingerprint density at radius 1 is 1.00 bits per heavy atom. The van der Waals surface area contributed by atoms with Gasteiger partial charge in [-0.1, -0.05) is 58.4 Å². The van der Waals surface area contributed by atoms with Gasteiger partial charge in [-0.05, 0) is 35.9 Å². The largest absolute Gasteiger partial charge is 0.366 e. The average Bonchev–Trinajstić information content (AvgIpc) is 3.36. The first kappa shape index (κ1) is 18.4. The number of aromatic amines is 2. The molecule has 0 radical (unpaired) electrons. The van der Waals surface area contributed by atoms with E-state index in [1.54, 1.807) is 10.9 Å². The van der Waals surface area contributed by atoms with Crippen LogP contribution in [0.4, 0.5) is 5.82 Å². The Labute approximate surface area is 180 Å². The van der Waals surface area contributed by atoms with Crippen LogP contribution >= 0.6 is 15.9 Å². The van der Waals surface area contributed by atoms with Gasteiger partial charge in [0.25, 0.3) is 0 Å². The van der Waals surface area contributed by atoms with Crippen LogP contribution in [-0.2, 0) is 6.54 Å². The molecule has 3 aromatic carbocycles. The number of rotatable bonds is 5. The van der Waals surface area contributed by atoms with Gasteiger partial charge in [0, 0.05) is 16.6 Å². The lowest BCUT2D eigenvalue weighted by molar-refractivity contribution is 0.994. The van der Waals surface area contributed by atoms with E-state index in [9.17, 15) is 4.79 Å². The van der Waals surface area contributed by atoms with Gasteiger partial charge in [0.2, 0.25) is 0 Å². The summed E-state index contributed by atoms with van der Waals surface area (Å²) in [6.07, 6.45) is 1.65. The molecular formula is C23H18BrN5O. The maximum absolute atomic E-state index is 13.0. The number of nitrogens with zero attached hydrogens (tertiary/aromatic N) is 2. The van der Waals surface area contributed by atoms with Gasteiger partial charge >= 0.3 is 5.69 Å². The number of aromatic nitrogens is 4. The Kier molecular flexibility index (Phi) is 4.72. The van der Waals surface area contributed by atoms with Gasteiger partial charge in [0.15, 0.2) is 0 Å². The van der Waals surface area contributed by atoms with E-state index < -0.39 is 0 Å². The second-order valence-electron chi connectivity index (χ2n) is 6.94. The molecule has 7 heteroatoms. The number of H-pyrrole nitrogens is 2. The average molecular weight is 460 g/mol. The molecule has 2 heterocycles. The molecule has 0 fully saturated rings. The summed E-state index contributed by atoms with van der Waals surface area (Å²) in [4.78, 5) is 23.4. The summed E-state index contributed by atoms with van der Waals surface area (Å²) in [5.74, 6) is 0.673. The van der Waals surface area contributed by atoms with Crippen LogP contribution in [0.2, 0.25) is 0 Å².